The van der Waals surface area contributed by atoms with Crippen LogP contribution in [0, 0.1) is 10.1 Å². The molecule has 3 rings (SSSR count). The van der Waals surface area contributed by atoms with Crippen LogP contribution in [0.3, 0.4) is 0 Å². The lowest BCUT2D eigenvalue weighted by molar-refractivity contribution is -0.385. The van der Waals surface area contributed by atoms with Crippen molar-refractivity contribution in [3.63, 3.8) is 0 Å². The largest absolute Gasteiger partial charge is 0.409 e. The summed E-state index contributed by atoms with van der Waals surface area (Å²) in [7, 11) is 0. The second-order valence-corrected chi connectivity index (χ2v) is 4.74. The molecule has 3 N–H and O–H groups in total. The molecule has 21 heavy (non-hydrogen) atoms. The van der Waals surface area contributed by atoms with Gasteiger partial charge in [0.25, 0.3) is 5.69 Å². The molecule has 2 aromatic heterocycles. The van der Waals surface area contributed by atoms with Crippen LogP contribution in [0.15, 0.2) is 29.6 Å². The Hall–Kier alpha value is -2.97. The van der Waals surface area contributed by atoms with Crippen LogP contribution < -0.4 is 5.73 Å². The van der Waals surface area contributed by atoms with E-state index in [1.807, 2.05) is 6.07 Å². The van der Waals surface area contributed by atoms with Crippen LogP contribution in [0.5, 0.6) is 0 Å². The highest BCUT2D eigenvalue weighted by molar-refractivity contribution is 5.98. The van der Waals surface area contributed by atoms with Crippen LogP contribution in [0.1, 0.15) is 30.1 Å². The van der Waals surface area contributed by atoms with Gasteiger partial charge in [-0.2, -0.15) is 5.10 Å². The Balaban J connectivity index is 2.04. The Labute approximate surface area is 118 Å². The summed E-state index contributed by atoms with van der Waals surface area (Å²) in [4.78, 5) is 14.4. The first kappa shape index (κ1) is 13.0. The molecule has 0 saturated heterocycles. The fraction of sp³-hybridized carbons (Fsp3) is 0.250. The quantitative estimate of drug-likeness (QED) is 0.285. The van der Waals surface area contributed by atoms with E-state index < -0.39 is 10.8 Å². The standard InChI is InChI=1S/C12H12N6O3/c13-12(16-19)11-9(18(20)21)3-4-10(14-11)17-6-5-8(15-17)7-1-2-7/h3-7,19H,1-2H2,(H2,13,16). The summed E-state index contributed by atoms with van der Waals surface area (Å²) in [5, 5.41) is 26.8. The first-order valence-corrected chi connectivity index (χ1v) is 6.29. The lowest BCUT2D eigenvalue weighted by atomic mass is 10.2. The number of nitrogens with two attached hydrogens (primary N) is 1. The number of aromatic nitrogens is 3. The lowest BCUT2D eigenvalue weighted by Crippen LogP contribution is -2.18. The van der Waals surface area contributed by atoms with Crippen molar-refractivity contribution in [2.75, 3.05) is 0 Å². The van der Waals surface area contributed by atoms with Gasteiger partial charge in [0.15, 0.2) is 17.3 Å². The third-order valence-electron chi connectivity index (χ3n) is 3.25. The van der Waals surface area contributed by atoms with Gasteiger partial charge in [-0.25, -0.2) is 9.67 Å². The highest BCUT2D eigenvalue weighted by Crippen LogP contribution is 2.39. The fourth-order valence-electron chi connectivity index (χ4n) is 2.01. The molecule has 1 fully saturated rings. The Morgan fingerprint density at radius 2 is 2.24 bits per heavy atom. The minimum absolute atomic E-state index is 0.191. The number of hydrogen-bond acceptors (Lipinski definition) is 6. The van der Waals surface area contributed by atoms with E-state index in [2.05, 4.69) is 15.2 Å². The van der Waals surface area contributed by atoms with Gasteiger partial charge in [0, 0.05) is 18.2 Å². The molecule has 0 amide bonds. The van der Waals surface area contributed by atoms with E-state index in [1.165, 1.54) is 16.8 Å². The predicted molar refractivity (Wildman–Crippen MR) is 72.5 cm³/mol. The van der Waals surface area contributed by atoms with E-state index >= 15 is 0 Å². The third kappa shape index (κ3) is 2.40. The molecule has 9 heteroatoms. The van der Waals surface area contributed by atoms with Crippen LogP contribution in [-0.4, -0.2) is 30.7 Å². The molecule has 0 atom stereocenters. The highest BCUT2D eigenvalue weighted by atomic mass is 16.6. The second-order valence-electron chi connectivity index (χ2n) is 4.74. The van der Waals surface area contributed by atoms with E-state index in [4.69, 9.17) is 10.9 Å². The molecular weight excluding hydrogens is 276 g/mol. The van der Waals surface area contributed by atoms with Crippen molar-refractivity contribution >= 4 is 11.5 Å². The van der Waals surface area contributed by atoms with Crippen LogP contribution in [0.2, 0.25) is 0 Å². The number of oxime groups is 1. The number of nitrogens with zero attached hydrogens (tertiary/aromatic N) is 5. The lowest BCUT2D eigenvalue weighted by Gasteiger charge is -2.04. The van der Waals surface area contributed by atoms with Crippen molar-refractivity contribution in [2.45, 2.75) is 18.8 Å². The molecule has 0 unspecified atom stereocenters. The summed E-state index contributed by atoms with van der Waals surface area (Å²) in [6.07, 6.45) is 3.98. The van der Waals surface area contributed by atoms with Gasteiger partial charge in [0.05, 0.1) is 10.6 Å². The van der Waals surface area contributed by atoms with Crippen molar-refractivity contribution in [1.82, 2.24) is 14.8 Å². The summed E-state index contributed by atoms with van der Waals surface area (Å²) in [5.41, 5.74) is 5.90. The Kier molecular flexibility index (Phi) is 3.01. The van der Waals surface area contributed by atoms with E-state index in [0.29, 0.717) is 11.7 Å². The number of nitro groups is 1. The normalized spacial score (nSPS) is 15.1. The fourth-order valence-corrected chi connectivity index (χ4v) is 2.01. The zero-order valence-electron chi connectivity index (χ0n) is 10.9. The molecular formula is C12H12N6O3. The van der Waals surface area contributed by atoms with Gasteiger partial charge in [-0.3, -0.25) is 10.1 Å². The Morgan fingerprint density at radius 3 is 2.86 bits per heavy atom. The van der Waals surface area contributed by atoms with E-state index in [0.717, 1.165) is 18.5 Å². The van der Waals surface area contributed by atoms with Gasteiger partial charge < -0.3 is 10.9 Å². The van der Waals surface area contributed by atoms with E-state index in [-0.39, 0.29) is 11.4 Å². The number of pyridine rings is 1. The Bertz CT molecular complexity index is 734. The molecule has 1 aliphatic rings. The molecule has 0 spiro atoms. The summed E-state index contributed by atoms with van der Waals surface area (Å²) in [5.74, 6) is 0.445. The first-order chi connectivity index (χ1) is 10.1. The van der Waals surface area contributed by atoms with Crippen LogP contribution in [0.25, 0.3) is 5.82 Å². The summed E-state index contributed by atoms with van der Waals surface area (Å²) >= 11 is 0. The molecule has 0 radical (unpaired) electrons. The average Bonchev–Trinajstić information content (AvgIpc) is 3.23. The Morgan fingerprint density at radius 1 is 1.48 bits per heavy atom. The van der Waals surface area contributed by atoms with E-state index in [9.17, 15) is 10.1 Å². The van der Waals surface area contributed by atoms with Gasteiger partial charge >= 0.3 is 0 Å². The molecule has 0 aliphatic heterocycles. The summed E-state index contributed by atoms with van der Waals surface area (Å²) in [6.45, 7) is 0. The molecule has 0 bridgehead atoms. The van der Waals surface area contributed by atoms with Crippen LogP contribution in [0.4, 0.5) is 5.69 Å². The molecule has 2 aromatic rings. The highest BCUT2D eigenvalue weighted by Gasteiger charge is 2.26. The van der Waals surface area contributed by atoms with Crippen LogP contribution in [-0.2, 0) is 0 Å². The molecule has 0 aromatic carbocycles. The monoisotopic (exact) mass is 288 g/mol. The van der Waals surface area contributed by atoms with Crippen molar-refractivity contribution in [3.05, 3.63) is 45.9 Å². The predicted octanol–water partition coefficient (Wildman–Crippen LogP) is 1.15. The SMILES string of the molecule is N/C(=N/O)c1nc(-n2ccc(C3CC3)n2)ccc1[N+](=O)[O-]. The zero-order chi connectivity index (χ0) is 15.0. The maximum atomic E-state index is 10.9. The minimum Gasteiger partial charge on any atom is -0.409 e. The van der Waals surface area contributed by atoms with Crippen molar-refractivity contribution in [1.29, 1.82) is 0 Å². The maximum absolute atomic E-state index is 10.9. The number of hydrogen-bond donors (Lipinski definition) is 2. The first-order valence-electron chi connectivity index (χ1n) is 6.29. The topological polar surface area (TPSA) is 132 Å². The molecule has 2 heterocycles. The van der Waals surface area contributed by atoms with Crippen LogP contribution >= 0.6 is 0 Å². The number of amidine groups is 1. The maximum Gasteiger partial charge on any atom is 0.298 e. The molecule has 108 valence electrons. The molecule has 9 nitrogen and oxygen atoms in total. The van der Waals surface area contributed by atoms with Gasteiger partial charge in [0.1, 0.15) is 0 Å². The molecule has 1 saturated carbocycles. The van der Waals surface area contributed by atoms with Crippen molar-refractivity contribution in [2.24, 2.45) is 10.9 Å². The average molecular weight is 288 g/mol. The van der Waals surface area contributed by atoms with Gasteiger partial charge in [0.2, 0.25) is 0 Å². The van der Waals surface area contributed by atoms with Gasteiger partial charge in [-0.1, -0.05) is 5.16 Å². The van der Waals surface area contributed by atoms with Gasteiger partial charge in [-0.05, 0) is 25.0 Å². The third-order valence-corrected chi connectivity index (χ3v) is 3.25. The molecule has 1 aliphatic carbocycles. The van der Waals surface area contributed by atoms with Gasteiger partial charge in [-0.15, -0.1) is 0 Å². The van der Waals surface area contributed by atoms with Crippen molar-refractivity contribution < 1.29 is 10.1 Å². The minimum atomic E-state index is -0.636. The smallest absolute Gasteiger partial charge is 0.298 e. The summed E-state index contributed by atoms with van der Waals surface area (Å²) in [6, 6.07) is 4.62. The number of rotatable bonds is 4. The van der Waals surface area contributed by atoms with E-state index in [1.54, 1.807) is 6.20 Å². The second kappa shape index (κ2) is 4.85. The zero-order valence-corrected chi connectivity index (χ0v) is 10.9. The summed E-state index contributed by atoms with van der Waals surface area (Å²) < 4.78 is 1.52. The van der Waals surface area contributed by atoms with Crippen molar-refractivity contribution in [3.8, 4) is 5.82 Å².